The van der Waals surface area contributed by atoms with Crippen LogP contribution in [0.3, 0.4) is 0 Å². The van der Waals surface area contributed by atoms with Crippen LogP contribution in [0.1, 0.15) is 57.8 Å². The van der Waals surface area contributed by atoms with E-state index < -0.39 is 41.6 Å². The molecule has 2 aromatic carbocycles. The Labute approximate surface area is 273 Å². The Morgan fingerprint density at radius 3 is 2.35 bits per heavy atom. The van der Waals surface area contributed by atoms with Gasteiger partial charge < -0.3 is 21.1 Å². The largest absolute Gasteiger partial charge is 0.416 e. The van der Waals surface area contributed by atoms with Crippen molar-refractivity contribution in [2.75, 3.05) is 11.9 Å². The predicted octanol–water partition coefficient (Wildman–Crippen LogP) is 5.71. The lowest BCUT2D eigenvalue weighted by molar-refractivity contribution is -0.137. The van der Waals surface area contributed by atoms with Crippen LogP contribution in [0.15, 0.2) is 97.3 Å². The number of nitrogens with zero attached hydrogens (tertiary/aromatic N) is 3. The Hall–Kier alpha value is -5.69. The molecular weight excluding hydrogens is 625 g/mol. The van der Waals surface area contributed by atoms with E-state index in [2.05, 4.69) is 30.9 Å². The molecule has 0 radical (unpaired) electrons. The summed E-state index contributed by atoms with van der Waals surface area (Å²) in [5.74, 6) is -1.32. The van der Waals surface area contributed by atoms with Gasteiger partial charge in [0.1, 0.15) is 5.82 Å². The average Bonchev–Trinajstić information content (AvgIpc) is 3.08. The third kappa shape index (κ3) is 8.36. The number of carbonyl (C=O) groups excluding carboxylic acids is 3. The van der Waals surface area contributed by atoms with Gasteiger partial charge in [-0.3, -0.25) is 24.4 Å². The molecule has 0 aliphatic rings. The summed E-state index contributed by atoms with van der Waals surface area (Å²) in [4.78, 5) is 52.5. The number of alkyl halides is 3. The van der Waals surface area contributed by atoms with E-state index in [1.165, 1.54) is 36.7 Å². The molecule has 3 heterocycles. The van der Waals surface area contributed by atoms with Crippen LogP contribution in [0.25, 0.3) is 22.2 Å². The molecule has 0 aliphatic heterocycles. The third-order valence-electron chi connectivity index (χ3n) is 7.35. The molecule has 0 aliphatic carbocycles. The first-order chi connectivity index (χ1) is 23.0. The van der Waals surface area contributed by atoms with Crippen molar-refractivity contribution < 1.29 is 32.7 Å². The molecule has 0 bridgehead atoms. The van der Waals surface area contributed by atoms with Gasteiger partial charge in [-0.15, -0.1) is 0 Å². The average molecular weight is 657 g/mol. The van der Waals surface area contributed by atoms with Gasteiger partial charge in [0, 0.05) is 35.5 Å². The van der Waals surface area contributed by atoms with Gasteiger partial charge >= 0.3 is 6.18 Å². The van der Waals surface area contributed by atoms with Crippen molar-refractivity contribution in [1.82, 2.24) is 25.6 Å². The molecule has 10 nitrogen and oxygen atoms in total. The van der Waals surface area contributed by atoms with Crippen molar-refractivity contribution in [2.24, 2.45) is 0 Å². The standard InChI is InChI=1S/C35H31F3N6O4/c1-21(45)6-4-19-41-34(48)31(28-8-2-3-17-39-28)44-32(46)24-11-15-27-23(20-24)12-16-29(42-27)43-33(47)26-7-5-18-40-30(26)22-9-13-25(14-10-22)35(36,37)38/h2-3,5,7-18,20-21,31,45H,4,6,19H2,1H3,(H,41,48)(H,44,46)(H,42,43,47)/t21-,31?/m0/s1. The van der Waals surface area contributed by atoms with E-state index in [0.29, 0.717) is 41.5 Å². The van der Waals surface area contributed by atoms with Crippen LogP contribution >= 0.6 is 0 Å². The molecule has 48 heavy (non-hydrogen) atoms. The number of aliphatic hydroxyl groups excluding tert-OH is 1. The monoisotopic (exact) mass is 656 g/mol. The van der Waals surface area contributed by atoms with Crippen molar-refractivity contribution in [3.05, 3.63) is 120 Å². The van der Waals surface area contributed by atoms with Crippen LogP contribution < -0.4 is 16.0 Å². The summed E-state index contributed by atoms with van der Waals surface area (Å²) in [5, 5.41) is 18.3. The number of hydrogen-bond donors (Lipinski definition) is 4. The molecule has 5 aromatic rings. The summed E-state index contributed by atoms with van der Waals surface area (Å²) in [7, 11) is 0. The van der Waals surface area contributed by atoms with E-state index in [1.54, 1.807) is 55.5 Å². The van der Waals surface area contributed by atoms with Crippen molar-refractivity contribution in [3.63, 3.8) is 0 Å². The highest BCUT2D eigenvalue weighted by molar-refractivity contribution is 6.08. The van der Waals surface area contributed by atoms with E-state index in [0.717, 1.165) is 12.1 Å². The maximum atomic E-state index is 13.3. The molecule has 3 amide bonds. The number of halogens is 3. The van der Waals surface area contributed by atoms with Gasteiger partial charge in [-0.05, 0) is 86.5 Å². The topological polar surface area (TPSA) is 146 Å². The number of carbonyl (C=O) groups is 3. The molecule has 3 aromatic heterocycles. The Bertz CT molecular complexity index is 1920. The van der Waals surface area contributed by atoms with Crippen molar-refractivity contribution >= 4 is 34.4 Å². The number of anilines is 1. The molecule has 13 heteroatoms. The maximum Gasteiger partial charge on any atom is 0.416 e. The van der Waals surface area contributed by atoms with Gasteiger partial charge in [0.05, 0.1) is 34.1 Å². The Morgan fingerprint density at radius 2 is 1.65 bits per heavy atom. The molecule has 4 N–H and O–H groups in total. The third-order valence-corrected chi connectivity index (χ3v) is 7.35. The summed E-state index contributed by atoms with van der Waals surface area (Å²) in [6.45, 7) is 1.99. The highest BCUT2D eigenvalue weighted by Gasteiger charge is 2.30. The first kappa shape index (κ1) is 33.7. The number of aliphatic hydroxyl groups is 1. The summed E-state index contributed by atoms with van der Waals surface area (Å²) in [5.41, 5.74) is 0.962. The number of fused-ring (bicyclic) bond motifs is 1. The zero-order valence-electron chi connectivity index (χ0n) is 25.7. The predicted molar refractivity (Wildman–Crippen MR) is 173 cm³/mol. The lowest BCUT2D eigenvalue weighted by Crippen LogP contribution is -2.41. The second kappa shape index (κ2) is 14.8. The molecule has 1 unspecified atom stereocenters. The molecule has 0 fully saturated rings. The van der Waals surface area contributed by atoms with Crippen LogP contribution in [0, 0.1) is 0 Å². The zero-order valence-corrected chi connectivity index (χ0v) is 25.7. The summed E-state index contributed by atoms with van der Waals surface area (Å²) >= 11 is 0. The number of pyridine rings is 3. The van der Waals surface area contributed by atoms with Gasteiger partial charge in [0.2, 0.25) is 5.91 Å². The molecule has 0 saturated heterocycles. The second-order valence-electron chi connectivity index (χ2n) is 11.0. The highest BCUT2D eigenvalue weighted by atomic mass is 19.4. The van der Waals surface area contributed by atoms with E-state index in [4.69, 9.17) is 0 Å². The maximum absolute atomic E-state index is 13.3. The summed E-state index contributed by atoms with van der Waals surface area (Å²) < 4.78 is 39.1. The van der Waals surface area contributed by atoms with E-state index >= 15 is 0 Å². The molecule has 246 valence electrons. The van der Waals surface area contributed by atoms with Crippen molar-refractivity contribution in [1.29, 1.82) is 0 Å². The minimum atomic E-state index is -4.49. The van der Waals surface area contributed by atoms with Crippen molar-refractivity contribution in [3.8, 4) is 11.3 Å². The second-order valence-corrected chi connectivity index (χ2v) is 11.0. The zero-order chi connectivity index (χ0) is 34.3. The van der Waals surface area contributed by atoms with Gasteiger partial charge in [-0.2, -0.15) is 13.2 Å². The number of nitrogens with one attached hydrogen (secondary N) is 3. The lowest BCUT2D eigenvalue weighted by Gasteiger charge is -2.18. The molecule has 0 saturated carbocycles. The van der Waals surface area contributed by atoms with Gasteiger partial charge in [0.15, 0.2) is 6.04 Å². The quantitative estimate of drug-likeness (QED) is 0.133. The minimum absolute atomic E-state index is 0.139. The number of hydrogen-bond acceptors (Lipinski definition) is 7. The summed E-state index contributed by atoms with van der Waals surface area (Å²) in [6.07, 6.45) is -0.931. The number of benzene rings is 2. The summed E-state index contributed by atoms with van der Waals surface area (Å²) in [6, 6.07) is 19.4. The first-order valence-corrected chi connectivity index (χ1v) is 15.0. The number of aromatic nitrogens is 3. The first-order valence-electron chi connectivity index (χ1n) is 15.0. The van der Waals surface area contributed by atoms with Crippen LogP contribution in [-0.4, -0.2) is 50.4 Å². The fraction of sp³-hybridized carbons (Fsp3) is 0.200. The lowest BCUT2D eigenvalue weighted by atomic mass is 10.0. The molecular formula is C35H31F3N6O4. The SMILES string of the molecule is C[C@H](O)CCCNC(=O)C(NC(=O)c1ccc2nc(NC(=O)c3cccnc3-c3ccc(C(F)(F)F)cc3)ccc2c1)c1ccccn1. The fourth-order valence-electron chi connectivity index (χ4n) is 4.90. The van der Waals surface area contributed by atoms with Crippen LogP contribution in [0.5, 0.6) is 0 Å². The van der Waals surface area contributed by atoms with Gasteiger partial charge in [-0.25, -0.2) is 4.98 Å². The molecule has 2 atom stereocenters. The Morgan fingerprint density at radius 1 is 0.875 bits per heavy atom. The fourth-order valence-corrected chi connectivity index (χ4v) is 4.90. The molecule has 0 spiro atoms. The van der Waals surface area contributed by atoms with Crippen LogP contribution in [0.4, 0.5) is 19.0 Å². The number of amides is 3. The molecule has 5 rings (SSSR count). The van der Waals surface area contributed by atoms with E-state index in [-0.39, 0.29) is 22.6 Å². The van der Waals surface area contributed by atoms with Gasteiger partial charge in [-0.1, -0.05) is 18.2 Å². The highest BCUT2D eigenvalue weighted by Crippen LogP contribution is 2.31. The van der Waals surface area contributed by atoms with E-state index in [1.807, 2.05) is 0 Å². The van der Waals surface area contributed by atoms with Crippen LogP contribution in [-0.2, 0) is 11.0 Å². The van der Waals surface area contributed by atoms with Gasteiger partial charge in [0.25, 0.3) is 11.8 Å². The normalized spacial score (nSPS) is 12.6. The Balaban J connectivity index is 1.30. The van der Waals surface area contributed by atoms with Crippen molar-refractivity contribution in [2.45, 2.75) is 38.1 Å². The van der Waals surface area contributed by atoms with E-state index in [9.17, 15) is 32.7 Å². The smallest absolute Gasteiger partial charge is 0.393 e. The Kier molecular flexibility index (Phi) is 10.4. The number of rotatable bonds is 11. The minimum Gasteiger partial charge on any atom is -0.393 e. The van der Waals surface area contributed by atoms with Crippen LogP contribution in [0.2, 0.25) is 0 Å².